The minimum atomic E-state index is -0.848. The molecule has 65 heavy (non-hydrogen) atoms. The van der Waals surface area contributed by atoms with Gasteiger partial charge in [-0.05, 0) is 123 Å². The zero-order chi connectivity index (χ0) is 44.4. The molecule has 0 radical (unpaired) electrons. The Labute approximate surface area is 382 Å². The van der Waals surface area contributed by atoms with Crippen molar-refractivity contribution >= 4 is 0 Å². The van der Waals surface area contributed by atoms with Gasteiger partial charge < -0.3 is 38.3 Å². The number of rotatable bonds is 16. The van der Waals surface area contributed by atoms with Crippen LogP contribution in [0.4, 0.5) is 0 Å². The van der Waals surface area contributed by atoms with Crippen LogP contribution in [0.3, 0.4) is 0 Å². The Bertz CT molecular complexity index is 2760. The largest absolute Gasteiger partial charge is 0.508 e. The third-order valence-corrected chi connectivity index (χ3v) is 14.1. The van der Waals surface area contributed by atoms with Crippen molar-refractivity contribution in [2.24, 2.45) is 16.2 Å². The van der Waals surface area contributed by atoms with Gasteiger partial charge in [0.25, 0.3) is 0 Å². The van der Waals surface area contributed by atoms with Gasteiger partial charge in [0.2, 0.25) is 0 Å². The van der Waals surface area contributed by atoms with Gasteiger partial charge >= 0.3 is 0 Å². The van der Waals surface area contributed by atoms with E-state index in [1.165, 1.54) is 5.56 Å². The molecule has 1 spiro atoms. The molecule has 8 heteroatoms. The molecule has 3 heterocycles. The van der Waals surface area contributed by atoms with Crippen molar-refractivity contribution < 1.29 is 38.3 Å². The normalized spacial score (nSPS) is 19.8. The molecule has 6 aromatic rings. The molecule has 1 atom stereocenters. The fourth-order valence-electron chi connectivity index (χ4n) is 10.3. The molecule has 0 aromatic heterocycles. The Morgan fingerprint density at radius 1 is 0.492 bits per heavy atom. The minimum Gasteiger partial charge on any atom is -0.508 e. The lowest BCUT2D eigenvalue weighted by molar-refractivity contribution is -0.120. The maximum atomic E-state index is 11.5. The van der Waals surface area contributed by atoms with Crippen molar-refractivity contribution in [3.05, 3.63) is 143 Å². The van der Waals surface area contributed by atoms with Gasteiger partial charge in [-0.25, -0.2) is 0 Å². The number of aromatic hydroxyl groups is 1. The van der Waals surface area contributed by atoms with Gasteiger partial charge in [-0.3, -0.25) is 0 Å². The Kier molecular flexibility index (Phi) is 10.6. The highest BCUT2D eigenvalue weighted by Gasteiger charge is 2.53. The molecule has 1 unspecified atom stereocenters. The van der Waals surface area contributed by atoms with Gasteiger partial charge in [0.15, 0.2) is 0 Å². The number of phenolic OH excluding ortho intramolecular Hbond substituents is 1. The molecule has 3 saturated heterocycles. The Hall–Kier alpha value is -5.64. The van der Waals surface area contributed by atoms with Gasteiger partial charge in [-0.2, -0.15) is 0 Å². The van der Waals surface area contributed by atoms with Gasteiger partial charge in [-0.1, -0.05) is 94.4 Å². The average Bonchev–Trinajstić information content (AvgIpc) is 3.73. The molecule has 5 aliphatic rings. The summed E-state index contributed by atoms with van der Waals surface area (Å²) in [5, 5.41) is 11.5. The van der Waals surface area contributed by atoms with E-state index in [9.17, 15) is 5.11 Å². The standard InChI is InChI=1S/C57H58O8/c1-5-19-59-20-18-37-10-9-13-39(21-37)45-25-51-47(27-53(45)65-36-56(4)32-62-33-56)46-26-52(64-35-55(3)30-61-31-55)44(38-11-7-6-8-12-38)24-50(46)57(51)48-22-40(58)14-16-42(48)43-17-15-41(23-49(43)57)63-34-54(2)28-60-29-54/h6-17,21-27,58H,5,18-20,28-36H2,1-4H3. The molecule has 0 bridgehead atoms. The van der Waals surface area contributed by atoms with Crippen LogP contribution in [-0.4, -0.2) is 77.8 Å². The van der Waals surface area contributed by atoms with E-state index < -0.39 is 5.41 Å². The highest BCUT2D eigenvalue weighted by molar-refractivity contribution is 5.99. The molecule has 3 aliphatic heterocycles. The lowest BCUT2D eigenvalue weighted by atomic mass is 9.69. The van der Waals surface area contributed by atoms with E-state index in [0.717, 1.165) is 103 Å². The molecule has 3 fully saturated rings. The Morgan fingerprint density at radius 3 is 1.62 bits per heavy atom. The molecule has 1 N–H and O–H groups in total. The second kappa shape index (κ2) is 16.4. The van der Waals surface area contributed by atoms with E-state index in [0.29, 0.717) is 66.1 Å². The first-order valence-electron chi connectivity index (χ1n) is 23.3. The lowest BCUT2D eigenvalue weighted by Crippen LogP contribution is -2.44. The molecular weight excluding hydrogens is 813 g/mol. The number of benzene rings is 6. The molecule has 334 valence electrons. The summed E-state index contributed by atoms with van der Waals surface area (Å²) >= 11 is 0. The topological polar surface area (TPSA) is 84.8 Å². The van der Waals surface area contributed by atoms with Crippen LogP contribution < -0.4 is 14.2 Å². The lowest BCUT2D eigenvalue weighted by Gasteiger charge is -2.38. The van der Waals surface area contributed by atoms with Crippen molar-refractivity contribution in [3.63, 3.8) is 0 Å². The Morgan fingerprint density at radius 2 is 1.03 bits per heavy atom. The van der Waals surface area contributed by atoms with Crippen molar-refractivity contribution in [2.75, 3.05) is 72.7 Å². The summed E-state index contributed by atoms with van der Waals surface area (Å²) in [4.78, 5) is 0. The predicted octanol–water partition coefficient (Wildman–Crippen LogP) is 11.3. The second-order valence-corrected chi connectivity index (χ2v) is 20.2. The summed E-state index contributed by atoms with van der Waals surface area (Å²) < 4.78 is 43.6. The van der Waals surface area contributed by atoms with Crippen molar-refractivity contribution in [1.82, 2.24) is 0 Å². The van der Waals surface area contributed by atoms with Crippen LogP contribution in [0.15, 0.2) is 115 Å². The predicted molar refractivity (Wildman–Crippen MR) is 253 cm³/mol. The maximum absolute atomic E-state index is 11.5. The fraction of sp³-hybridized carbons (Fsp3) is 0.368. The van der Waals surface area contributed by atoms with Crippen LogP contribution in [0.1, 0.15) is 61.9 Å². The first-order chi connectivity index (χ1) is 31.6. The average molecular weight is 871 g/mol. The van der Waals surface area contributed by atoms with E-state index in [1.54, 1.807) is 6.07 Å². The molecule has 0 amide bonds. The van der Waals surface area contributed by atoms with Gasteiger partial charge in [0.1, 0.15) is 23.0 Å². The second-order valence-electron chi connectivity index (χ2n) is 20.2. The van der Waals surface area contributed by atoms with Crippen molar-refractivity contribution in [3.8, 4) is 67.5 Å². The quantitative estimate of drug-likeness (QED) is 0.0961. The molecule has 6 aromatic carbocycles. The first-order valence-corrected chi connectivity index (χ1v) is 23.3. The summed E-state index contributed by atoms with van der Waals surface area (Å²) in [6, 6.07) is 41.0. The number of phenols is 1. The van der Waals surface area contributed by atoms with Crippen molar-refractivity contribution in [2.45, 2.75) is 46.0 Å². The summed E-state index contributed by atoms with van der Waals surface area (Å²) in [7, 11) is 0. The number of fused-ring (bicyclic) bond motifs is 10. The van der Waals surface area contributed by atoms with E-state index in [-0.39, 0.29) is 22.0 Å². The van der Waals surface area contributed by atoms with Gasteiger partial charge in [0.05, 0.1) is 71.5 Å². The summed E-state index contributed by atoms with van der Waals surface area (Å²) in [5.41, 5.74) is 13.0. The fourth-order valence-corrected chi connectivity index (χ4v) is 10.3. The summed E-state index contributed by atoms with van der Waals surface area (Å²) in [5.74, 6) is 2.65. The van der Waals surface area contributed by atoms with E-state index in [2.05, 4.69) is 131 Å². The summed E-state index contributed by atoms with van der Waals surface area (Å²) in [6.45, 7) is 15.8. The molecule has 8 nitrogen and oxygen atoms in total. The summed E-state index contributed by atoms with van der Waals surface area (Å²) in [6.07, 6.45) is 1.80. The highest BCUT2D eigenvalue weighted by atomic mass is 16.5. The van der Waals surface area contributed by atoms with Crippen LogP contribution in [0.5, 0.6) is 23.0 Å². The molecule has 11 rings (SSSR count). The maximum Gasteiger partial charge on any atom is 0.127 e. The minimum absolute atomic E-state index is 0.0354. The van der Waals surface area contributed by atoms with Crippen molar-refractivity contribution in [1.29, 1.82) is 0 Å². The number of ether oxygens (including phenoxy) is 7. The van der Waals surface area contributed by atoms with Crippen LogP contribution in [0, 0.1) is 16.2 Å². The smallest absolute Gasteiger partial charge is 0.127 e. The van der Waals surface area contributed by atoms with E-state index >= 15 is 0 Å². The third kappa shape index (κ3) is 7.39. The van der Waals surface area contributed by atoms with Crippen LogP contribution in [-0.2, 0) is 30.8 Å². The van der Waals surface area contributed by atoms with Gasteiger partial charge in [-0.15, -0.1) is 0 Å². The Balaban J connectivity index is 1.17. The molecular formula is C57H58O8. The molecule has 2 aliphatic carbocycles. The monoisotopic (exact) mass is 870 g/mol. The van der Waals surface area contributed by atoms with E-state index in [4.69, 9.17) is 33.2 Å². The van der Waals surface area contributed by atoms with Gasteiger partial charge in [0, 0.05) is 34.0 Å². The number of hydrogen-bond donors (Lipinski definition) is 1. The SMILES string of the molecule is CCCOCCc1cccc(-c2cc3c(cc2OCC2(C)COC2)-c2cc(OCC4(C)COC4)c(-c4ccccc4)cc2C32c3cc(O)ccc3-c3ccc(OCC4(C)COC4)cc32)c1. The van der Waals surface area contributed by atoms with Crippen LogP contribution >= 0.6 is 0 Å². The van der Waals surface area contributed by atoms with Crippen LogP contribution in [0.2, 0.25) is 0 Å². The van der Waals surface area contributed by atoms with Crippen LogP contribution in [0.25, 0.3) is 44.5 Å². The first kappa shape index (κ1) is 42.0. The zero-order valence-corrected chi connectivity index (χ0v) is 38.0. The number of hydrogen-bond acceptors (Lipinski definition) is 8. The van der Waals surface area contributed by atoms with E-state index in [1.807, 2.05) is 6.07 Å². The highest BCUT2D eigenvalue weighted by Crippen LogP contribution is 2.66. The third-order valence-electron chi connectivity index (χ3n) is 14.1. The molecule has 0 saturated carbocycles. The zero-order valence-electron chi connectivity index (χ0n) is 38.0.